The predicted octanol–water partition coefficient (Wildman–Crippen LogP) is 1.77. The highest BCUT2D eigenvalue weighted by Crippen LogP contribution is 2.18. The molecule has 0 aliphatic carbocycles. The fraction of sp³-hybridized carbons (Fsp3) is 0.211. The number of halogens is 1. The lowest BCUT2D eigenvalue weighted by Crippen LogP contribution is -2.46. The minimum atomic E-state index is -1.14. The zero-order chi connectivity index (χ0) is 19.8. The molecule has 1 atom stereocenters. The smallest absolute Gasteiger partial charge is 0.311 e. The van der Waals surface area contributed by atoms with E-state index < -0.39 is 29.7 Å². The van der Waals surface area contributed by atoms with E-state index in [2.05, 4.69) is 10.9 Å². The number of rotatable bonds is 6. The molecule has 27 heavy (non-hydrogen) atoms. The van der Waals surface area contributed by atoms with Crippen molar-refractivity contribution in [2.75, 3.05) is 7.11 Å². The Kier molecular flexibility index (Phi) is 6.87. The van der Waals surface area contributed by atoms with Crippen molar-refractivity contribution in [1.29, 1.82) is 0 Å². The van der Waals surface area contributed by atoms with Gasteiger partial charge in [0.15, 0.2) is 17.7 Å². The van der Waals surface area contributed by atoms with Crippen molar-refractivity contribution in [3.63, 3.8) is 0 Å². The number of hydrogen-bond acceptors (Lipinski definition) is 5. The maximum Gasteiger partial charge on any atom is 0.311 e. The Bertz CT molecular complexity index is 826. The van der Waals surface area contributed by atoms with Gasteiger partial charge in [0.1, 0.15) is 0 Å². The van der Waals surface area contributed by atoms with Crippen LogP contribution in [0.1, 0.15) is 22.8 Å². The lowest BCUT2D eigenvalue weighted by Gasteiger charge is -2.14. The van der Waals surface area contributed by atoms with Crippen LogP contribution in [0, 0.1) is 5.82 Å². The molecular formula is C19H19FN2O5. The summed E-state index contributed by atoms with van der Waals surface area (Å²) in [5.74, 6) is -2.45. The van der Waals surface area contributed by atoms with E-state index in [0.29, 0.717) is 11.1 Å². The number of amides is 2. The molecule has 0 bridgehead atoms. The van der Waals surface area contributed by atoms with Gasteiger partial charge >= 0.3 is 5.97 Å². The first-order valence-corrected chi connectivity index (χ1v) is 8.08. The van der Waals surface area contributed by atoms with E-state index in [1.807, 2.05) is 0 Å². The molecule has 8 heteroatoms. The van der Waals surface area contributed by atoms with Crippen molar-refractivity contribution in [3.05, 3.63) is 65.5 Å². The number of carbonyl (C=O) groups excluding carboxylic acids is 3. The highest BCUT2D eigenvalue weighted by Gasteiger charge is 2.19. The number of methoxy groups -OCH3 is 1. The van der Waals surface area contributed by atoms with E-state index in [9.17, 15) is 18.8 Å². The van der Waals surface area contributed by atoms with Gasteiger partial charge in [-0.05, 0) is 36.8 Å². The second-order valence-electron chi connectivity index (χ2n) is 5.59. The second-order valence-corrected chi connectivity index (χ2v) is 5.59. The number of benzene rings is 2. The first-order chi connectivity index (χ1) is 12.9. The molecule has 0 unspecified atom stereocenters. The standard InChI is InChI=1S/C19H19FN2O5/c1-12(18(24)21-22-19(25)14-6-4-3-5-7-14)27-17(23)11-13-8-9-16(26-2)15(20)10-13/h3-10,12H,11H2,1-2H3,(H,21,24)(H,22,25)/t12-/m0/s1. The van der Waals surface area contributed by atoms with Gasteiger partial charge in [-0.15, -0.1) is 0 Å². The summed E-state index contributed by atoms with van der Waals surface area (Å²) >= 11 is 0. The summed E-state index contributed by atoms with van der Waals surface area (Å²) in [6.07, 6.45) is -1.36. The van der Waals surface area contributed by atoms with Crippen LogP contribution in [-0.2, 0) is 20.7 Å². The van der Waals surface area contributed by atoms with Crippen LogP contribution in [0.3, 0.4) is 0 Å². The molecule has 0 aromatic heterocycles. The average molecular weight is 374 g/mol. The minimum Gasteiger partial charge on any atom is -0.494 e. The van der Waals surface area contributed by atoms with Gasteiger partial charge in [-0.25, -0.2) is 4.39 Å². The Balaban J connectivity index is 1.82. The first-order valence-electron chi connectivity index (χ1n) is 8.08. The van der Waals surface area contributed by atoms with Crippen molar-refractivity contribution in [2.45, 2.75) is 19.4 Å². The van der Waals surface area contributed by atoms with Gasteiger partial charge in [-0.3, -0.25) is 25.2 Å². The zero-order valence-electron chi connectivity index (χ0n) is 14.8. The van der Waals surface area contributed by atoms with E-state index in [-0.39, 0.29) is 12.2 Å². The maximum atomic E-state index is 13.6. The number of carbonyl (C=O) groups is 3. The summed E-state index contributed by atoms with van der Waals surface area (Å²) in [6, 6.07) is 12.4. The Morgan fingerprint density at radius 3 is 2.41 bits per heavy atom. The molecule has 0 aliphatic rings. The van der Waals surface area contributed by atoms with E-state index in [0.717, 1.165) is 6.07 Å². The molecule has 0 saturated heterocycles. The van der Waals surface area contributed by atoms with Crippen LogP contribution >= 0.6 is 0 Å². The minimum absolute atomic E-state index is 0.0639. The van der Waals surface area contributed by atoms with E-state index in [4.69, 9.17) is 9.47 Å². The van der Waals surface area contributed by atoms with Gasteiger partial charge in [-0.1, -0.05) is 24.3 Å². The molecule has 2 rings (SSSR count). The molecular weight excluding hydrogens is 355 g/mol. The third-order valence-corrected chi connectivity index (χ3v) is 3.58. The molecule has 2 amide bonds. The van der Waals surface area contributed by atoms with Crippen LogP contribution in [-0.4, -0.2) is 31.0 Å². The summed E-state index contributed by atoms with van der Waals surface area (Å²) in [5, 5.41) is 0. The van der Waals surface area contributed by atoms with Crippen molar-refractivity contribution >= 4 is 17.8 Å². The third kappa shape index (κ3) is 5.81. The monoisotopic (exact) mass is 374 g/mol. The number of ether oxygens (including phenoxy) is 2. The third-order valence-electron chi connectivity index (χ3n) is 3.58. The summed E-state index contributed by atoms with van der Waals surface area (Å²) in [6.45, 7) is 1.36. The molecule has 0 saturated carbocycles. The number of nitrogens with one attached hydrogen (secondary N) is 2. The average Bonchev–Trinajstić information content (AvgIpc) is 2.66. The molecule has 0 aliphatic heterocycles. The van der Waals surface area contributed by atoms with Crippen molar-refractivity contribution < 1.29 is 28.2 Å². The van der Waals surface area contributed by atoms with Gasteiger partial charge in [0, 0.05) is 5.56 Å². The number of esters is 1. The lowest BCUT2D eigenvalue weighted by molar-refractivity contribution is -0.154. The van der Waals surface area contributed by atoms with E-state index in [1.54, 1.807) is 30.3 Å². The van der Waals surface area contributed by atoms with Gasteiger partial charge in [0.25, 0.3) is 11.8 Å². The Morgan fingerprint density at radius 1 is 1.07 bits per heavy atom. The second kappa shape index (κ2) is 9.33. The highest BCUT2D eigenvalue weighted by molar-refractivity contribution is 5.95. The Labute approximate surface area is 155 Å². The largest absolute Gasteiger partial charge is 0.494 e. The van der Waals surface area contributed by atoms with Gasteiger partial charge in [-0.2, -0.15) is 0 Å². The van der Waals surface area contributed by atoms with E-state index >= 15 is 0 Å². The van der Waals surface area contributed by atoms with Crippen LogP contribution in [0.15, 0.2) is 48.5 Å². The molecule has 0 fully saturated rings. The van der Waals surface area contributed by atoms with Crippen LogP contribution in [0.2, 0.25) is 0 Å². The molecule has 2 aromatic rings. The molecule has 142 valence electrons. The summed E-state index contributed by atoms with van der Waals surface area (Å²) < 4.78 is 23.4. The molecule has 0 heterocycles. The lowest BCUT2D eigenvalue weighted by atomic mass is 10.1. The fourth-order valence-electron chi connectivity index (χ4n) is 2.16. The summed E-state index contributed by atoms with van der Waals surface area (Å²) in [5.41, 5.74) is 5.15. The van der Waals surface area contributed by atoms with Crippen molar-refractivity contribution in [2.24, 2.45) is 0 Å². The van der Waals surface area contributed by atoms with Crippen LogP contribution in [0.4, 0.5) is 4.39 Å². The van der Waals surface area contributed by atoms with Crippen molar-refractivity contribution in [1.82, 2.24) is 10.9 Å². The number of hydrogen-bond donors (Lipinski definition) is 2. The first kappa shape index (κ1) is 19.9. The SMILES string of the molecule is COc1ccc(CC(=O)O[C@@H](C)C(=O)NNC(=O)c2ccccc2)cc1F. The fourth-order valence-corrected chi connectivity index (χ4v) is 2.16. The highest BCUT2D eigenvalue weighted by atomic mass is 19.1. The Morgan fingerprint density at radius 2 is 1.78 bits per heavy atom. The molecule has 2 N–H and O–H groups in total. The molecule has 2 aromatic carbocycles. The summed E-state index contributed by atoms with van der Waals surface area (Å²) in [4.78, 5) is 35.7. The van der Waals surface area contributed by atoms with E-state index in [1.165, 1.54) is 26.2 Å². The number of hydrazine groups is 1. The van der Waals surface area contributed by atoms with Crippen molar-refractivity contribution in [3.8, 4) is 5.75 Å². The van der Waals surface area contributed by atoms with Crippen LogP contribution in [0.5, 0.6) is 5.75 Å². The summed E-state index contributed by atoms with van der Waals surface area (Å²) in [7, 11) is 1.34. The Hall–Kier alpha value is -3.42. The topological polar surface area (TPSA) is 93.7 Å². The normalized spacial score (nSPS) is 11.2. The van der Waals surface area contributed by atoms with Crippen LogP contribution < -0.4 is 15.6 Å². The molecule has 0 spiro atoms. The van der Waals surface area contributed by atoms with Gasteiger partial charge in [0.05, 0.1) is 13.5 Å². The van der Waals surface area contributed by atoms with Gasteiger partial charge < -0.3 is 9.47 Å². The maximum absolute atomic E-state index is 13.6. The zero-order valence-corrected chi connectivity index (χ0v) is 14.8. The predicted molar refractivity (Wildman–Crippen MR) is 94.3 cm³/mol. The molecule has 0 radical (unpaired) electrons. The van der Waals surface area contributed by atoms with Gasteiger partial charge in [0.2, 0.25) is 0 Å². The molecule has 7 nitrogen and oxygen atoms in total. The quantitative estimate of drug-likeness (QED) is 0.594. The van der Waals surface area contributed by atoms with Crippen LogP contribution in [0.25, 0.3) is 0 Å².